The molecule has 0 bridgehead atoms. The quantitative estimate of drug-likeness (QED) is 0.686. The Bertz CT molecular complexity index is 552. The van der Waals surface area contributed by atoms with Crippen LogP contribution < -0.4 is 5.32 Å². The predicted octanol–water partition coefficient (Wildman–Crippen LogP) is 2.79. The third kappa shape index (κ3) is 5.38. The fourth-order valence-corrected chi connectivity index (χ4v) is 1.73. The lowest BCUT2D eigenvalue weighted by atomic mass is 10.2. The predicted molar refractivity (Wildman–Crippen MR) is 72.9 cm³/mol. The van der Waals surface area contributed by atoms with Gasteiger partial charge in [-0.2, -0.15) is 5.26 Å². The Morgan fingerprint density at radius 3 is 2.53 bits per heavy atom. The summed E-state index contributed by atoms with van der Waals surface area (Å²) in [5.41, 5.74) is 0.227. The van der Waals surface area contributed by atoms with Gasteiger partial charge in [0.1, 0.15) is 12.7 Å². The first-order chi connectivity index (χ1) is 9.06. The zero-order valence-corrected chi connectivity index (χ0v) is 11.7. The molecule has 0 aliphatic rings. The maximum absolute atomic E-state index is 11.8. The summed E-state index contributed by atoms with van der Waals surface area (Å²) in [5.74, 6) is 1.86. The second-order valence-electron chi connectivity index (χ2n) is 3.22. The number of amides is 1. The number of rotatable bonds is 4. The molecular formula is C12H7Cl3N2O2. The van der Waals surface area contributed by atoms with Gasteiger partial charge in [-0.1, -0.05) is 29.1 Å². The number of hydrogen-bond donors (Lipinski definition) is 1. The van der Waals surface area contributed by atoms with E-state index in [1.807, 2.05) is 0 Å². The van der Waals surface area contributed by atoms with E-state index in [1.165, 1.54) is 18.2 Å². The summed E-state index contributed by atoms with van der Waals surface area (Å²) < 4.78 is 4.97. The summed E-state index contributed by atoms with van der Waals surface area (Å²) in [5, 5.41) is 13.9. The van der Waals surface area contributed by atoms with Gasteiger partial charge in [-0.25, -0.2) is 0 Å². The topological polar surface area (TPSA) is 62.1 Å². The van der Waals surface area contributed by atoms with Crippen molar-refractivity contribution in [3.05, 3.63) is 33.8 Å². The molecule has 19 heavy (non-hydrogen) atoms. The monoisotopic (exact) mass is 316 g/mol. The van der Waals surface area contributed by atoms with Crippen LogP contribution in [0, 0.1) is 22.6 Å². The molecular weight excluding hydrogens is 311 g/mol. The Morgan fingerprint density at radius 1 is 1.37 bits per heavy atom. The van der Waals surface area contributed by atoms with Crippen molar-refractivity contribution in [3.8, 4) is 17.4 Å². The van der Waals surface area contributed by atoms with Crippen LogP contribution >= 0.6 is 34.8 Å². The van der Waals surface area contributed by atoms with Crippen molar-refractivity contribution in [1.82, 2.24) is 5.32 Å². The first-order valence-electron chi connectivity index (χ1n) is 4.93. The molecule has 1 atom stereocenters. The van der Waals surface area contributed by atoms with E-state index in [9.17, 15) is 4.79 Å². The van der Waals surface area contributed by atoms with Gasteiger partial charge in [0.05, 0.1) is 0 Å². The van der Waals surface area contributed by atoms with Crippen LogP contribution in [0.3, 0.4) is 0 Å². The first-order valence-corrected chi connectivity index (χ1v) is 6.07. The third-order valence-corrected chi connectivity index (χ3v) is 2.46. The number of halogens is 3. The minimum absolute atomic E-state index is 0.0711. The Hall–Kier alpha value is -1.43. The van der Waals surface area contributed by atoms with Crippen LogP contribution in [0.4, 0.5) is 0 Å². The van der Waals surface area contributed by atoms with Crippen molar-refractivity contribution < 1.29 is 9.53 Å². The van der Waals surface area contributed by atoms with Gasteiger partial charge in [0, 0.05) is 21.0 Å². The van der Waals surface area contributed by atoms with E-state index in [2.05, 4.69) is 16.6 Å². The van der Waals surface area contributed by atoms with Crippen molar-refractivity contribution in [2.45, 2.75) is 6.23 Å². The lowest BCUT2D eigenvalue weighted by Crippen LogP contribution is -2.35. The Balaban J connectivity index is 2.71. The Labute approximate surface area is 125 Å². The highest BCUT2D eigenvalue weighted by molar-refractivity contribution is 6.35. The van der Waals surface area contributed by atoms with Crippen LogP contribution in [0.2, 0.25) is 10.0 Å². The van der Waals surface area contributed by atoms with Gasteiger partial charge in [0.2, 0.25) is 6.23 Å². The molecule has 1 unspecified atom stereocenters. The van der Waals surface area contributed by atoms with E-state index in [-0.39, 0.29) is 12.2 Å². The van der Waals surface area contributed by atoms with Gasteiger partial charge in [0.25, 0.3) is 5.91 Å². The van der Waals surface area contributed by atoms with Crippen LogP contribution in [0.1, 0.15) is 10.4 Å². The van der Waals surface area contributed by atoms with E-state index in [4.69, 9.17) is 44.8 Å². The van der Waals surface area contributed by atoms with Gasteiger partial charge in [-0.05, 0) is 29.8 Å². The summed E-state index contributed by atoms with van der Waals surface area (Å²) in [7, 11) is 0. The molecule has 1 aromatic carbocycles. The third-order valence-electron chi connectivity index (χ3n) is 1.89. The molecule has 7 heteroatoms. The molecule has 0 fully saturated rings. The smallest absolute Gasteiger partial charge is 0.254 e. The summed E-state index contributed by atoms with van der Waals surface area (Å²) in [4.78, 5) is 11.8. The maximum atomic E-state index is 11.8. The van der Waals surface area contributed by atoms with Crippen LogP contribution in [0.15, 0.2) is 18.2 Å². The highest BCUT2D eigenvalue weighted by Crippen LogP contribution is 2.19. The molecule has 4 nitrogen and oxygen atoms in total. The molecule has 1 N–H and O–H groups in total. The number of benzene rings is 1. The molecule has 0 spiro atoms. The highest BCUT2D eigenvalue weighted by Gasteiger charge is 2.14. The fourth-order valence-electron chi connectivity index (χ4n) is 1.15. The minimum atomic E-state index is -1.14. The molecule has 1 amide bonds. The Morgan fingerprint density at radius 2 is 2.00 bits per heavy atom. The second-order valence-corrected chi connectivity index (χ2v) is 4.28. The van der Waals surface area contributed by atoms with E-state index in [0.29, 0.717) is 10.0 Å². The molecule has 0 saturated heterocycles. The largest absolute Gasteiger partial charge is 0.332 e. The van der Waals surface area contributed by atoms with Gasteiger partial charge >= 0.3 is 0 Å². The molecule has 0 aliphatic carbocycles. The molecule has 0 heterocycles. The van der Waals surface area contributed by atoms with Crippen LogP contribution in [0.25, 0.3) is 0 Å². The molecule has 1 rings (SSSR count). The second kappa shape index (κ2) is 7.89. The Kier molecular flexibility index (Phi) is 6.49. The van der Waals surface area contributed by atoms with E-state index in [1.54, 1.807) is 6.07 Å². The normalized spacial score (nSPS) is 10.8. The lowest BCUT2D eigenvalue weighted by molar-refractivity contribution is 0.0685. The average Bonchev–Trinajstić information content (AvgIpc) is 2.36. The number of ether oxygens (including phenoxy) is 1. The van der Waals surface area contributed by atoms with Crippen molar-refractivity contribution in [3.63, 3.8) is 0 Å². The number of hydrogen-bond acceptors (Lipinski definition) is 3. The van der Waals surface area contributed by atoms with Gasteiger partial charge in [0.15, 0.2) is 0 Å². The number of nitrogens with zero attached hydrogens (tertiary/aromatic N) is 1. The number of nitriles is 1. The number of carbonyl (C=O) groups is 1. The average molecular weight is 318 g/mol. The standard InChI is InChI=1S/C12H7Cl3N2O2/c13-2-1-3-19-11(7-16)17-12(18)8-4-9(14)6-10(15)5-8/h4-6,11H,3H2,(H,17,18). The summed E-state index contributed by atoms with van der Waals surface area (Å²) in [6.45, 7) is -0.0711. The van der Waals surface area contributed by atoms with Crippen molar-refractivity contribution in [1.29, 1.82) is 5.26 Å². The molecule has 0 aromatic heterocycles. The van der Waals surface area contributed by atoms with Gasteiger partial charge < -0.3 is 10.1 Å². The zero-order chi connectivity index (χ0) is 14.3. The molecule has 98 valence electrons. The van der Waals surface area contributed by atoms with Crippen molar-refractivity contribution >= 4 is 40.7 Å². The molecule has 0 aliphatic heterocycles. The lowest BCUT2D eigenvalue weighted by Gasteiger charge is -2.11. The van der Waals surface area contributed by atoms with Crippen molar-refractivity contribution in [2.24, 2.45) is 0 Å². The first kappa shape index (κ1) is 15.6. The van der Waals surface area contributed by atoms with Crippen LogP contribution in [0.5, 0.6) is 0 Å². The summed E-state index contributed by atoms with van der Waals surface area (Å²) in [6.07, 6.45) is -1.14. The fraction of sp³-hybridized carbons (Fsp3) is 0.167. The zero-order valence-electron chi connectivity index (χ0n) is 9.41. The van der Waals surface area contributed by atoms with Crippen LogP contribution in [-0.4, -0.2) is 18.7 Å². The van der Waals surface area contributed by atoms with Crippen molar-refractivity contribution in [2.75, 3.05) is 6.61 Å². The maximum Gasteiger partial charge on any atom is 0.254 e. The van der Waals surface area contributed by atoms with Gasteiger partial charge in [-0.15, -0.1) is 0 Å². The minimum Gasteiger partial charge on any atom is -0.332 e. The SMILES string of the molecule is N#CC(NC(=O)c1cc(Cl)cc(Cl)c1)OCC#CCl. The van der Waals surface area contributed by atoms with Crippen LogP contribution in [-0.2, 0) is 4.74 Å². The summed E-state index contributed by atoms with van der Waals surface area (Å²) in [6, 6.07) is 6.11. The van der Waals surface area contributed by atoms with E-state index >= 15 is 0 Å². The highest BCUT2D eigenvalue weighted by atomic mass is 35.5. The number of nitrogens with one attached hydrogen (secondary N) is 1. The molecule has 1 aromatic rings. The van der Waals surface area contributed by atoms with Gasteiger partial charge in [-0.3, -0.25) is 4.79 Å². The van der Waals surface area contributed by atoms with E-state index < -0.39 is 12.1 Å². The van der Waals surface area contributed by atoms with E-state index in [0.717, 1.165) is 0 Å². The number of carbonyl (C=O) groups excluding carboxylic acids is 1. The molecule has 0 saturated carbocycles. The molecule has 0 radical (unpaired) electrons. The summed E-state index contributed by atoms with van der Waals surface area (Å²) >= 11 is 16.7.